The van der Waals surface area contributed by atoms with E-state index in [0.717, 1.165) is 6.92 Å². The molecule has 1 heterocycles. The van der Waals surface area contributed by atoms with Crippen molar-refractivity contribution in [3.05, 3.63) is 0 Å². The van der Waals surface area contributed by atoms with Crippen molar-refractivity contribution in [3.8, 4) is 0 Å². The fourth-order valence-corrected chi connectivity index (χ4v) is 4.75. The molecule has 1 rings (SSSR count). The molecule has 0 saturated carbocycles. The summed E-state index contributed by atoms with van der Waals surface area (Å²) in [5.41, 5.74) is 9.64. The first-order valence-corrected chi connectivity index (χ1v) is 14.2. The molecular weight excluding hydrogens is 606 g/mol. The molecule has 1 fully saturated rings. The van der Waals surface area contributed by atoms with E-state index in [1.54, 1.807) is 0 Å². The van der Waals surface area contributed by atoms with E-state index in [4.69, 9.17) is 26.0 Å². The summed E-state index contributed by atoms with van der Waals surface area (Å²) in [5, 5.41) is 65.7. The molecule has 19 heteroatoms. The molecule has 19 nitrogen and oxygen atoms in total. The van der Waals surface area contributed by atoms with Crippen molar-refractivity contribution in [1.82, 2.24) is 16.0 Å². The highest BCUT2D eigenvalue weighted by Gasteiger charge is 2.47. The van der Waals surface area contributed by atoms with Gasteiger partial charge in [-0.15, -0.1) is 0 Å². The van der Waals surface area contributed by atoms with Crippen molar-refractivity contribution < 1.29 is 68.9 Å². The number of carbonyl (C=O) groups is 6. The molecule has 0 spiro atoms. The Bertz CT molecular complexity index is 1060. The summed E-state index contributed by atoms with van der Waals surface area (Å²) < 4.78 is 10.9. The van der Waals surface area contributed by atoms with Crippen LogP contribution in [0.25, 0.3) is 0 Å². The van der Waals surface area contributed by atoms with Crippen LogP contribution >= 0.6 is 0 Å². The molecular formula is C26H45N5O14. The standard InChI is InChI=1S/C26H45N5O14/c1-11(44-20-18(29-13(3)33)24(41)45-16(10-32)19(20)36)9-26(28,25(42)43)8-4-5-15(23(39)40)31-22(38)14(6-7-17(34)35)30-21(37)12(2)27/h11-12,14-16,18-20,24,32,36,41H,4-10,27-28H2,1-3H3,(H,29,33)(H,30,37)(H,31,38)(H,34,35)(H,39,40)(H,42,43)/t11?,12-,14+,15?,16+,18+,19+,20+,24-,26?/m0/s1. The molecule has 45 heavy (non-hydrogen) atoms. The Morgan fingerprint density at radius 3 is 2.07 bits per heavy atom. The van der Waals surface area contributed by atoms with Crippen LogP contribution < -0.4 is 27.4 Å². The summed E-state index contributed by atoms with van der Waals surface area (Å²) in [6, 6.07) is -5.28. The highest BCUT2D eigenvalue weighted by molar-refractivity contribution is 5.91. The minimum absolute atomic E-state index is 0.140. The predicted molar refractivity (Wildman–Crippen MR) is 151 cm³/mol. The first kappa shape index (κ1) is 39.6. The number of carboxylic acids is 3. The van der Waals surface area contributed by atoms with Crippen LogP contribution in [0.15, 0.2) is 0 Å². The minimum Gasteiger partial charge on any atom is -0.481 e. The van der Waals surface area contributed by atoms with Gasteiger partial charge in [-0.1, -0.05) is 0 Å². The number of ether oxygens (including phenoxy) is 2. The molecule has 1 saturated heterocycles. The summed E-state index contributed by atoms with van der Waals surface area (Å²) in [5.74, 6) is -6.56. The smallest absolute Gasteiger partial charge is 0.326 e. The van der Waals surface area contributed by atoms with Gasteiger partial charge < -0.3 is 67.5 Å². The van der Waals surface area contributed by atoms with Crippen LogP contribution in [0.2, 0.25) is 0 Å². The second-order valence-electron chi connectivity index (χ2n) is 11.1. The van der Waals surface area contributed by atoms with Gasteiger partial charge in [-0.3, -0.25) is 24.0 Å². The van der Waals surface area contributed by atoms with Crippen LogP contribution in [-0.2, 0) is 38.2 Å². The predicted octanol–water partition coefficient (Wildman–Crippen LogP) is -4.06. The van der Waals surface area contributed by atoms with Crippen LogP contribution in [0.1, 0.15) is 59.3 Å². The lowest BCUT2D eigenvalue weighted by Crippen LogP contribution is -2.65. The van der Waals surface area contributed by atoms with Crippen molar-refractivity contribution in [3.63, 3.8) is 0 Å². The lowest BCUT2D eigenvalue weighted by Gasteiger charge is -2.43. The van der Waals surface area contributed by atoms with E-state index in [0.29, 0.717) is 0 Å². The van der Waals surface area contributed by atoms with Crippen LogP contribution in [0.3, 0.4) is 0 Å². The third-order valence-corrected chi connectivity index (χ3v) is 7.13. The molecule has 258 valence electrons. The van der Waals surface area contributed by atoms with Crippen LogP contribution in [0.5, 0.6) is 0 Å². The molecule has 0 aromatic carbocycles. The number of nitrogens with one attached hydrogen (secondary N) is 3. The second kappa shape index (κ2) is 17.9. The maximum atomic E-state index is 12.8. The van der Waals surface area contributed by atoms with E-state index < -0.39 is 109 Å². The monoisotopic (exact) mass is 651 g/mol. The Morgan fingerprint density at radius 2 is 1.58 bits per heavy atom. The number of hydrogen-bond acceptors (Lipinski definition) is 13. The molecule has 0 radical (unpaired) electrons. The van der Waals surface area contributed by atoms with Gasteiger partial charge >= 0.3 is 17.9 Å². The van der Waals surface area contributed by atoms with Crippen molar-refractivity contribution in [2.24, 2.45) is 11.5 Å². The van der Waals surface area contributed by atoms with Crippen molar-refractivity contribution in [2.75, 3.05) is 6.61 Å². The summed E-state index contributed by atoms with van der Waals surface area (Å²) in [7, 11) is 0. The minimum atomic E-state index is -2.00. The van der Waals surface area contributed by atoms with Gasteiger partial charge in [0.1, 0.15) is 42.0 Å². The second-order valence-corrected chi connectivity index (χ2v) is 11.1. The van der Waals surface area contributed by atoms with Crippen molar-refractivity contribution in [2.45, 2.75) is 120 Å². The zero-order valence-corrected chi connectivity index (χ0v) is 25.2. The van der Waals surface area contributed by atoms with Gasteiger partial charge in [0.2, 0.25) is 17.7 Å². The first-order valence-electron chi connectivity index (χ1n) is 14.2. The lowest BCUT2D eigenvalue weighted by atomic mass is 9.87. The summed E-state index contributed by atoms with van der Waals surface area (Å²) >= 11 is 0. The summed E-state index contributed by atoms with van der Waals surface area (Å²) in [6.45, 7) is 3.20. The van der Waals surface area contributed by atoms with Gasteiger partial charge in [-0.25, -0.2) is 4.79 Å². The molecule has 3 amide bonds. The Kier molecular flexibility index (Phi) is 15.7. The number of rotatable bonds is 19. The van der Waals surface area contributed by atoms with Gasteiger partial charge in [0, 0.05) is 19.8 Å². The highest BCUT2D eigenvalue weighted by Crippen LogP contribution is 2.27. The van der Waals surface area contributed by atoms with Crippen molar-refractivity contribution in [1.29, 1.82) is 0 Å². The summed E-state index contributed by atoms with van der Waals surface area (Å²) in [4.78, 5) is 71.4. The number of hydrogen-bond donors (Lipinski definition) is 11. The molecule has 3 unspecified atom stereocenters. The van der Waals surface area contributed by atoms with Gasteiger partial charge in [0.25, 0.3) is 0 Å². The Labute approximate surface area is 258 Å². The van der Waals surface area contributed by atoms with Gasteiger partial charge in [-0.2, -0.15) is 0 Å². The number of amides is 3. The van der Waals surface area contributed by atoms with Gasteiger partial charge in [0.05, 0.1) is 18.8 Å². The van der Waals surface area contributed by atoms with Gasteiger partial charge in [-0.05, 0) is 39.5 Å². The largest absolute Gasteiger partial charge is 0.481 e. The molecule has 1 aliphatic rings. The van der Waals surface area contributed by atoms with Crippen molar-refractivity contribution >= 4 is 35.6 Å². The quantitative estimate of drug-likeness (QED) is 0.0633. The zero-order valence-electron chi connectivity index (χ0n) is 25.2. The Hall–Kier alpha value is -3.46. The van der Waals surface area contributed by atoms with Crippen LogP contribution in [-0.4, -0.2) is 133 Å². The highest BCUT2D eigenvalue weighted by atomic mass is 16.6. The molecule has 13 N–H and O–H groups in total. The summed E-state index contributed by atoms with van der Waals surface area (Å²) in [6.07, 6.45) is -8.85. The SMILES string of the molecule is CC(=O)N[C@@H]1[C@@H](OC(C)CC(N)(CCCC(NC(=O)[C@@H](CCC(=O)O)NC(=O)[C@H](C)N)C(=O)O)C(=O)O)[C@H](O)[C@@H](CO)O[C@@H]1O. The maximum absolute atomic E-state index is 12.8. The fraction of sp³-hybridized carbons (Fsp3) is 0.769. The first-order chi connectivity index (χ1) is 20.8. The van der Waals surface area contributed by atoms with E-state index in [1.807, 2.05) is 0 Å². The number of aliphatic carboxylic acids is 3. The topological polar surface area (TPSA) is 330 Å². The molecule has 0 aromatic heterocycles. The average Bonchev–Trinajstić information content (AvgIpc) is 2.93. The number of carbonyl (C=O) groups excluding carboxylic acids is 3. The number of aliphatic hydroxyl groups is 3. The van der Waals surface area contributed by atoms with E-state index >= 15 is 0 Å². The molecule has 0 aliphatic carbocycles. The average molecular weight is 652 g/mol. The van der Waals surface area contributed by atoms with Crippen LogP contribution in [0, 0.1) is 0 Å². The van der Waals surface area contributed by atoms with E-state index in [2.05, 4.69) is 16.0 Å². The number of nitrogens with two attached hydrogens (primary N) is 2. The zero-order chi connectivity index (χ0) is 34.6. The fourth-order valence-electron chi connectivity index (χ4n) is 4.75. The van der Waals surface area contributed by atoms with E-state index in [-0.39, 0.29) is 32.1 Å². The van der Waals surface area contributed by atoms with Gasteiger partial charge in [0.15, 0.2) is 6.29 Å². The third kappa shape index (κ3) is 12.5. The lowest BCUT2D eigenvalue weighted by molar-refractivity contribution is -0.268. The normalized spacial score (nSPS) is 25.5. The third-order valence-electron chi connectivity index (χ3n) is 7.13. The Balaban J connectivity index is 2.96. The van der Waals surface area contributed by atoms with Crippen LogP contribution in [0.4, 0.5) is 0 Å². The maximum Gasteiger partial charge on any atom is 0.326 e. The number of aliphatic hydroxyl groups excluding tert-OH is 3. The van der Waals surface area contributed by atoms with E-state index in [1.165, 1.54) is 13.8 Å². The van der Waals surface area contributed by atoms with E-state index in [9.17, 15) is 54.3 Å². The molecule has 1 aliphatic heterocycles. The molecule has 0 aromatic rings. The number of carboxylic acid groups (broad SMARTS) is 3. The Morgan fingerprint density at radius 1 is 0.978 bits per heavy atom. The molecule has 10 atom stereocenters. The molecule has 0 bridgehead atoms.